The SMILES string of the molecule is CC1(C)c2cc3ccccc3cc2-c2c(-c3ccc(-c4cc(-c5ccc6oc7ccccc7c6c5)nc(-c5ccccc5)n4)c4ccccc34)cccc21. The summed E-state index contributed by atoms with van der Waals surface area (Å²) in [7, 11) is 0. The predicted octanol–water partition coefficient (Wildman–Crippen LogP) is 13.7. The van der Waals surface area contributed by atoms with Gasteiger partial charge in [-0.3, -0.25) is 0 Å². The number of rotatable bonds is 4. The minimum absolute atomic E-state index is 0.114. The van der Waals surface area contributed by atoms with E-state index in [-0.39, 0.29) is 5.41 Å². The Morgan fingerprint density at radius 2 is 1.07 bits per heavy atom. The number of aromatic nitrogens is 2. The van der Waals surface area contributed by atoms with E-state index in [0.717, 1.165) is 55.4 Å². The van der Waals surface area contributed by atoms with Crippen LogP contribution in [-0.2, 0) is 5.41 Å². The topological polar surface area (TPSA) is 38.9 Å². The smallest absolute Gasteiger partial charge is 0.160 e. The van der Waals surface area contributed by atoms with Crippen molar-refractivity contribution < 1.29 is 4.42 Å². The van der Waals surface area contributed by atoms with Gasteiger partial charge in [0.1, 0.15) is 11.2 Å². The summed E-state index contributed by atoms with van der Waals surface area (Å²) in [6.45, 7) is 4.72. The lowest BCUT2D eigenvalue weighted by molar-refractivity contribution is 0.661. The van der Waals surface area contributed by atoms with Gasteiger partial charge in [0.05, 0.1) is 11.4 Å². The molecule has 54 heavy (non-hydrogen) atoms. The monoisotopic (exact) mass is 690 g/mol. The van der Waals surface area contributed by atoms with Gasteiger partial charge in [-0.1, -0.05) is 141 Å². The van der Waals surface area contributed by atoms with Gasteiger partial charge in [0.25, 0.3) is 0 Å². The average molecular weight is 691 g/mol. The third-order valence-electron chi connectivity index (χ3n) is 11.5. The fourth-order valence-electron chi connectivity index (χ4n) is 8.79. The summed E-state index contributed by atoms with van der Waals surface area (Å²) < 4.78 is 6.17. The summed E-state index contributed by atoms with van der Waals surface area (Å²) in [4.78, 5) is 10.4. The molecule has 0 atom stereocenters. The lowest BCUT2D eigenvalue weighted by Crippen LogP contribution is -2.14. The molecule has 0 amide bonds. The Morgan fingerprint density at radius 3 is 1.91 bits per heavy atom. The van der Waals surface area contributed by atoms with Crippen molar-refractivity contribution in [3.63, 3.8) is 0 Å². The summed E-state index contributed by atoms with van der Waals surface area (Å²) in [6.07, 6.45) is 0. The van der Waals surface area contributed by atoms with Crippen LogP contribution in [0.1, 0.15) is 25.0 Å². The van der Waals surface area contributed by atoms with Gasteiger partial charge in [-0.25, -0.2) is 9.97 Å². The van der Waals surface area contributed by atoms with Crippen molar-refractivity contribution in [3.05, 3.63) is 181 Å². The van der Waals surface area contributed by atoms with E-state index in [1.165, 1.54) is 49.5 Å². The molecule has 10 aromatic rings. The van der Waals surface area contributed by atoms with Crippen molar-refractivity contribution in [2.24, 2.45) is 0 Å². The van der Waals surface area contributed by atoms with E-state index in [2.05, 4.69) is 153 Å². The van der Waals surface area contributed by atoms with Gasteiger partial charge >= 0.3 is 0 Å². The second kappa shape index (κ2) is 11.6. The molecule has 0 radical (unpaired) electrons. The highest BCUT2D eigenvalue weighted by molar-refractivity contribution is 6.09. The van der Waals surface area contributed by atoms with Crippen molar-refractivity contribution in [3.8, 4) is 56.2 Å². The fraction of sp³-hybridized carbons (Fsp3) is 0.0588. The standard InChI is InChI=1S/C51H34N2O/c1-51(2)43-21-12-20-40(49(43)42-27-32-15-6-7-16-33(32)29-44(42)51)37-24-25-38(36-18-9-8-17-35(36)37)46-30-45(52-50(53-46)31-13-4-3-5-14-31)34-23-26-48-41(28-34)39-19-10-11-22-47(39)54-48/h3-30H,1-2H3. The fourth-order valence-corrected chi connectivity index (χ4v) is 8.79. The van der Waals surface area contributed by atoms with Crippen molar-refractivity contribution in [2.45, 2.75) is 19.3 Å². The zero-order valence-electron chi connectivity index (χ0n) is 30.0. The Morgan fingerprint density at radius 1 is 0.407 bits per heavy atom. The van der Waals surface area contributed by atoms with Crippen molar-refractivity contribution >= 4 is 43.5 Å². The molecular formula is C51H34N2O. The molecule has 0 aliphatic heterocycles. The van der Waals surface area contributed by atoms with E-state index >= 15 is 0 Å². The molecule has 0 spiro atoms. The van der Waals surface area contributed by atoms with Gasteiger partial charge in [-0.2, -0.15) is 0 Å². The normalized spacial score (nSPS) is 13.1. The lowest BCUT2D eigenvalue weighted by atomic mass is 9.81. The summed E-state index contributed by atoms with van der Waals surface area (Å²) in [5, 5.41) is 7.08. The molecule has 0 bridgehead atoms. The summed E-state index contributed by atoms with van der Waals surface area (Å²) >= 11 is 0. The molecule has 0 fully saturated rings. The van der Waals surface area contributed by atoms with Gasteiger partial charge < -0.3 is 4.42 Å². The Labute approximate surface area is 313 Å². The van der Waals surface area contributed by atoms with E-state index in [0.29, 0.717) is 5.82 Å². The Balaban J connectivity index is 1.12. The first-order chi connectivity index (χ1) is 26.5. The second-order valence-corrected chi connectivity index (χ2v) is 14.9. The Kier molecular flexibility index (Phi) is 6.60. The maximum atomic E-state index is 6.17. The van der Waals surface area contributed by atoms with Crippen LogP contribution in [0, 0.1) is 0 Å². The molecule has 0 saturated heterocycles. The van der Waals surface area contributed by atoms with Crippen LogP contribution in [0.3, 0.4) is 0 Å². The Bertz CT molecular complexity index is 3130. The van der Waals surface area contributed by atoms with Crippen molar-refractivity contribution in [1.82, 2.24) is 9.97 Å². The van der Waals surface area contributed by atoms with Gasteiger partial charge in [-0.05, 0) is 97.4 Å². The molecular weight excluding hydrogens is 657 g/mol. The molecule has 1 aliphatic rings. The number of hydrogen-bond acceptors (Lipinski definition) is 3. The number of benzene rings is 8. The largest absolute Gasteiger partial charge is 0.456 e. The average Bonchev–Trinajstić information content (AvgIpc) is 3.71. The minimum atomic E-state index is -0.114. The first-order valence-corrected chi connectivity index (χ1v) is 18.6. The van der Waals surface area contributed by atoms with Crippen LogP contribution >= 0.6 is 0 Å². The van der Waals surface area contributed by atoms with Crippen LogP contribution in [0.4, 0.5) is 0 Å². The van der Waals surface area contributed by atoms with E-state index in [4.69, 9.17) is 14.4 Å². The third kappa shape index (κ3) is 4.61. The molecule has 0 N–H and O–H groups in total. The van der Waals surface area contributed by atoms with Gasteiger partial charge in [-0.15, -0.1) is 0 Å². The number of hydrogen-bond donors (Lipinski definition) is 0. The first-order valence-electron chi connectivity index (χ1n) is 18.6. The van der Waals surface area contributed by atoms with Crippen molar-refractivity contribution in [1.29, 1.82) is 0 Å². The van der Waals surface area contributed by atoms with E-state index < -0.39 is 0 Å². The van der Waals surface area contributed by atoms with Crippen LogP contribution < -0.4 is 0 Å². The number of fused-ring (bicyclic) bond motifs is 8. The zero-order chi connectivity index (χ0) is 36.0. The molecule has 0 unspecified atom stereocenters. The van der Waals surface area contributed by atoms with E-state index in [9.17, 15) is 0 Å². The lowest BCUT2D eigenvalue weighted by Gasteiger charge is -2.22. The van der Waals surface area contributed by atoms with Crippen LogP contribution in [-0.4, -0.2) is 9.97 Å². The van der Waals surface area contributed by atoms with Crippen LogP contribution in [0.5, 0.6) is 0 Å². The minimum Gasteiger partial charge on any atom is -0.456 e. The maximum absolute atomic E-state index is 6.17. The van der Waals surface area contributed by atoms with E-state index in [1.807, 2.05) is 30.3 Å². The molecule has 254 valence electrons. The Hall–Kier alpha value is -6.84. The number of nitrogens with zero attached hydrogens (tertiary/aromatic N) is 2. The molecule has 11 rings (SSSR count). The molecule has 8 aromatic carbocycles. The maximum Gasteiger partial charge on any atom is 0.160 e. The third-order valence-corrected chi connectivity index (χ3v) is 11.5. The van der Waals surface area contributed by atoms with Crippen LogP contribution in [0.15, 0.2) is 174 Å². The molecule has 2 aromatic heterocycles. The van der Waals surface area contributed by atoms with E-state index in [1.54, 1.807) is 0 Å². The summed E-state index contributed by atoms with van der Waals surface area (Å²) in [5.74, 6) is 0.695. The van der Waals surface area contributed by atoms with Gasteiger partial charge in [0, 0.05) is 32.9 Å². The second-order valence-electron chi connectivity index (χ2n) is 14.9. The number of para-hydroxylation sites is 1. The predicted molar refractivity (Wildman–Crippen MR) is 224 cm³/mol. The highest BCUT2D eigenvalue weighted by Gasteiger charge is 2.37. The molecule has 2 heterocycles. The summed E-state index contributed by atoms with van der Waals surface area (Å²) in [6, 6.07) is 60.6. The summed E-state index contributed by atoms with van der Waals surface area (Å²) in [5.41, 5.74) is 14.3. The zero-order valence-corrected chi connectivity index (χ0v) is 30.0. The molecule has 3 heteroatoms. The molecule has 1 aliphatic carbocycles. The highest BCUT2D eigenvalue weighted by Crippen LogP contribution is 2.54. The van der Waals surface area contributed by atoms with Crippen LogP contribution in [0.2, 0.25) is 0 Å². The quantitative estimate of drug-likeness (QED) is 0.184. The van der Waals surface area contributed by atoms with Crippen LogP contribution in [0.25, 0.3) is 99.6 Å². The first kappa shape index (κ1) is 30.8. The van der Waals surface area contributed by atoms with Gasteiger partial charge in [0.2, 0.25) is 0 Å². The van der Waals surface area contributed by atoms with Crippen molar-refractivity contribution in [2.75, 3.05) is 0 Å². The van der Waals surface area contributed by atoms with Gasteiger partial charge in [0.15, 0.2) is 5.82 Å². The number of furan rings is 1. The molecule has 0 saturated carbocycles. The molecule has 3 nitrogen and oxygen atoms in total. The highest BCUT2D eigenvalue weighted by atomic mass is 16.3.